The van der Waals surface area contributed by atoms with Crippen molar-refractivity contribution in [2.45, 2.75) is 32.1 Å². The molecular weight excluding hydrogens is 218 g/mol. The van der Waals surface area contributed by atoms with Gasteiger partial charge in [-0.2, -0.15) is 0 Å². The minimum atomic E-state index is 0.819. The normalized spacial score (nSPS) is 33.8. The van der Waals surface area contributed by atoms with Crippen LogP contribution < -0.4 is 0 Å². The van der Waals surface area contributed by atoms with Crippen molar-refractivity contribution in [3.63, 3.8) is 0 Å². The second kappa shape index (κ2) is 4.15. The standard InChI is InChI=1S/C17H21N/c1-2-6-14-13(5-1)8-9-16-15(14)10-12-18-11-4-3-7-17(16)18/h3-4,7-9,14-15H,1-2,5-6,10-12H2. The summed E-state index contributed by atoms with van der Waals surface area (Å²) in [6, 6.07) is 0. The molecule has 4 rings (SSSR count). The fourth-order valence-corrected chi connectivity index (χ4v) is 4.24. The summed E-state index contributed by atoms with van der Waals surface area (Å²) in [5.74, 6) is 1.69. The Morgan fingerprint density at radius 3 is 3.00 bits per heavy atom. The van der Waals surface area contributed by atoms with E-state index in [2.05, 4.69) is 35.3 Å². The molecule has 0 radical (unpaired) electrons. The Bertz CT molecular complexity index is 478. The van der Waals surface area contributed by atoms with Crippen LogP contribution in [0.1, 0.15) is 32.1 Å². The topological polar surface area (TPSA) is 3.24 Å². The average molecular weight is 239 g/mol. The molecule has 0 N–H and O–H groups in total. The number of allylic oxidation sites excluding steroid dienone is 6. The van der Waals surface area contributed by atoms with E-state index in [1.165, 1.54) is 44.3 Å². The smallest absolute Gasteiger partial charge is 0.0404 e. The highest BCUT2D eigenvalue weighted by Crippen LogP contribution is 2.47. The lowest BCUT2D eigenvalue weighted by atomic mass is 9.67. The van der Waals surface area contributed by atoms with Gasteiger partial charge in [0.2, 0.25) is 0 Å². The summed E-state index contributed by atoms with van der Waals surface area (Å²) in [7, 11) is 0. The average Bonchev–Trinajstić information content (AvgIpc) is 2.46. The van der Waals surface area contributed by atoms with Crippen LogP contribution in [-0.4, -0.2) is 18.0 Å². The van der Waals surface area contributed by atoms with Gasteiger partial charge in [0.25, 0.3) is 0 Å². The third kappa shape index (κ3) is 1.53. The van der Waals surface area contributed by atoms with Crippen LogP contribution >= 0.6 is 0 Å². The summed E-state index contributed by atoms with van der Waals surface area (Å²) >= 11 is 0. The molecule has 0 bridgehead atoms. The monoisotopic (exact) mass is 239 g/mol. The molecule has 1 saturated carbocycles. The van der Waals surface area contributed by atoms with Crippen LogP contribution in [0.25, 0.3) is 0 Å². The zero-order chi connectivity index (χ0) is 11.9. The van der Waals surface area contributed by atoms with Crippen molar-refractivity contribution in [2.75, 3.05) is 13.1 Å². The first-order valence-corrected chi connectivity index (χ1v) is 7.46. The molecular formula is C17H21N. The van der Waals surface area contributed by atoms with Crippen molar-refractivity contribution in [2.24, 2.45) is 11.8 Å². The lowest BCUT2D eigenvalue weighted by Crippen LogP contribution is -2.39. The Morgan fingerprint density at radius 2 is 2.00 bits per heavy atom. The van der Waals surface area contributed by atoms with Gasteiger partial charge in [-0.3, -0.25) is 0 Å². The van der Waals surface area contributed by atoms with Crippen LogP contribution in [0.5, 0.6) is 0 Å². The maximum Gasteiger partial charge on any atom is 0.0404 e. The fraction of sp³-hybridized carbons (Fsp3) is 0.529. The van der Waals surface area contributed by atoms with Crippen molar-refractivity contribution >= 4 is 0 Å². The van der Waals surface area contributed by atoms with Gasteiger partial charge in [0.05, 0.1) is 0 Å². The van der Waals surface area contributed by atoms with Crippen molar-refractivity contribution in [1.82, 2.24) is 4.90 Å². The molecule has 4 aliphatic rings. The van der Waals surface area contributed by atoms with Crippen LogP contribution in [0.4, 0.5) is 0 Å². The summed E-state index contributed by atoms with van der Waals surface area (Å²) in [5, 5.41) is 0. The molecule has 0 aromatic carbocycles. The van der Waals surface area contributed by atoms with Gasteiger partial charge >= 0.3 is 0 Å². The van der Waals surface area contributed by atoms with Crippen LogP contribution in [-0.2, 0) is 0 Å². The number of rotatable bonds is 0. The van der Waals surface area contributed by atoms with Crippen molar-refractivity contribution in [3.8, 4) is 0 Å². The Kier molecular flexibility index (Phi) is 2.46. The minimum absolute atomic E-state index is 0.819. The Morgan fingerprint density at radius 1 is 1.00 bits per heavy atom. The highest BCUT2D eigenvalue weighted by atomic mass is 15.1. The maximum absolute atomic E-state index is 2.55. The van der Waals surface area contributed by atoms with Crippen LogP contribution in [0.2, 0.25) is 0 Å². The summed E-state index contributed by atoms with van der Waals surface area (Å²) in [6.07, 6.45) is 18.7. The van der Waals surface area contributed by atoms with E-state index in [4.69, 9.17) is 0 Å². The van der Waals surface area contributed by atoms with Gasteiger partial charge in [0, 0.05) is 18.8 Å². The van der Waals surface area contributed by atoms with Crippen molar-refractivity contribution < 1.29 is 0 Å². The predicted octanol–water partition coefficient (Wildman–Crippen LogP) is 3.82. The SMILES string of the molecule is C1=CCN2CCC3C(=CC=C4CCCCC43)C2=C1. The van der Waals surface area contributed by atoms with E-state index in [0.717, 1.165) is 18.4 Å². The molecule has 2 aliphatic heterocycles. The number of nitrogens with zero attached hydrogens (tertiary/aromatic N) is 1. The van der Waals surface area contributed by atoms with Crippen LogP contribution in [0.3, 0.4) is 0 Å². The number of hydrogen-bond acceptors (Lipinski definition) is 1. The molecule has 0 amide bonds. The Hall–Kier alpha value is -1.24. The third-order valence-electron chi connectivity index (χ3n) is 5.13. The lowest BCUT2D eigenvalue weighted by molar-refractivity contribution is 0.245. The number of fused-ring (bicyclic) bond motifs is 5. The summed E-state index contributed by atoms with van der Waals surface area (Å²) in [6.45, 7) is 2.36. The molecule has 1 nitrogen and oxygen atoms in total. The summed E-state index contributed by atoms with van der Waals surface area (Å²) < 4.78 is 0. The largest absolute Gasteiger partial charge is 0.368 e. The molecule has 0 aromatic heterocycles. The maximum atomic E-state index is 2.55. The summed E-state index contributed by atoms with van der Waals surface area (Å²) in [5.41, 5.74) is 4.88. The van der Waals surface area contributed by atoms with Gasteiger partial charge < -0.3 is 4.90 Å². The number of piperidine rings is 1. The third-order valence-corrected chi connectivity index (χ3v) is 5.13. The molecule has 2 atom stereocenters. The van der Waals surface area contributed by atoms with Crippen LogP contribution in [0, 0.1) is 11.8 Å². The highest BCUT2D eigenvalue weighted by molar-refractivity contribution is 5.45. The molecule has 2 fully saturated rings. The van der Waals surface area contributed by atoms with Crippen molar-refractivity contribution in [3.05, 3.63) is 47.2 Å². The van der Waals surface area contributed by atoms with E-state index < -0.39 is 0 Å². The van der Waals surface area contributed by atoms with E-state index >= 15 is 0 Å². The van der Waals surface area contributed by atoms with Gasteiger partial charge in [0.15, 0.2) is 0 Å². The fourth-order valence-electron chi connectivity index (χ4n) is 4.24. The van der Waals surface area contributed by atoms with Gasteiger partial charge in [-0.05, 0) is 49.2 Å². The quantitative estimate of drug-likeness (QED) is 0.621. The molecule has 0 spiro atoms. The highest BCUT2D eigenvalue weighted by Gasteiger charge is 2.37. The van der Waals surface area contributed by atoms with E-state index in [0.29, 0.717) is 0 Å². The lowest BCUT2D eigenvalue weighted by Gasteiger charge is -2.45. The minimum Gasteiger partial charge on any atom is -0.368 e. The molecule has 1 saturated heterocycles. The zero-order valence-corrected chi connectivity index (χ0v) is 10.9. The molecule has 1 heteroatoms. The van der Waals surface area contributed by atoms with Gasteiger partial charge in [-0.15, -0.1) is 0 Å². The first-order chi connectivity index (χ1) is 8.93. The Labute approximate surface area is 110 Å². The predicted molar refractivity (Wildman–Crippen MR) is 75.0 cm³/mol. The zero-order valence-electron chi connectivity index (χ0n) is 10.9. The van der Waals surface area contributed by atoms with E-state index in [1.807, 2.05) is 0 Å². The first kappa shape index (κ1) is 10.7. The molecule has 0 aromatic rings. The molecule has 94 valence electrons. The molecule has 2 heterocycles. The first-order valence-electron chi connectivity index (χ1n) is 7.46. The van der Waals surface area contributed by atoms with E-state index in [-0.39, 0.29) is 0 Å². The van der Waals surface area contributed by atoms with Gasteiger partial charge in [-0.25, -0.2) is 0 Å². The van der Waals surface area contributed by atoms with Crippen molar-refractivity contribution in [1.29, 1.82) is 0 Å². The Balaban J connectivity index is 1.74. The summed E-state index contributed by atoms with van der Waals surface area (Å²) in [4.78, 5) is 2.55. The van der Waals surface area contributed by atoms with E-state index in [9.17, 15) is 0 Å². The molecule has 2 aliphatic carbocycles. The number of hydrogen-bond donors (Lipinski definition) is 0. The van der Waals surface area contributed by atoms with Gasteiger partial charge in [0.1, 0.15) is 0 Å². The second-order valence-electron chi connectivity index (χ2n) is 6.04. The second-order valence-corrected chi connectivity index (χ2v) is 6.04. The van der Waals surface area contributed by atoms with Crippen LogP contribution in [0.15, 0.2) is 47.2 Å². The van der Waals surface area contributed by atoms with E-state index in [1.54, 1.807) is 11.1 Å². The molecule has 18 heavy (non-hydrogen) atoms. The molecule has 2 unspecified atom stereocenters. The van der Waals surface area contributed by atoms with Gasteiger partial charge in [-0.1, -0.05) is 36.3 Å².